The Morgan fingerprint density at radius 3 is 2.45 bits per heavy atom. The molecule has 0 spiro atoms. The van der Waals surface area contributed by atoms with Crippen molar-refractivity contribution in [3.63, 3.8) is 0 Å². The predicted molar refractivity (Wildman–Crippen MR) is 88.4 cm³/mol. The smallest absolute Gasteiger partial charge is 0.224 e. The van der Waals surface area contributed by atoms with Gasteiger partial charge in [0.15, 0.2) is 0 Å². The number of nitrogens with zero attached hydrogens (tertiary/aromatic N) is 1. The first-order valence-electron chi connectivity index (χ1n) is 6.89. The van der Waals surface area contributed by atoms with Gasteiger partial charge >= 0.3 is 0 Å². The second-order valence-electron chi connectivity index (χ2n) is 4.66. The van der Waals surface area contributed by atoms with Gasteiger partial charge in [0.25, 0.3) is 0 Å². The maximum atomic E-state index is 11.7. The highest BCUT2D eigenvalue weighted by atomic mass is 35.5. The van der Waals surface area contributed by atoms with Crippen LogP contribution in [0.3, 0.4) is 0 Å². The lowest BCUT2D eigenvalue weighted by atomic mass is 10.1. The summed E-state index contributed by atoms with van der Waals surface area (Å²) in [5, 5.41) is 2.96. The number of hydrogen-bond donors (Lipinski definition) is 1. The fourth-order valence-corrected chi connectivity index (χ4v) is 2.36. The second-order valence-corrected chi connectivity index (χ2v) is 5.42. The molecule has 0 radical (unpaired) electrons. The van der Waals surface area contributed by atoms with Crippen LogP contribution in [0.4, 0.5) is 11.4 Å². The molecule has 0 aliphatic rings. The fraction of sp³-hybridized carbons (Fsp3) is 0.533. The number of hydrogen-bond acceptors (Lipinski definition) is 2. The van der Waals surface area contributed by atoms with E-state index in [1.807, 2.05) is 32.0 Å². The second kappa shape index (κ2) is 9.09. The Kier molecular flexibility index (Phi) is 7.78. The van der Waals surface area contributed by atoms with Crippen molar-refractivity contribution in [2.24, 2.45) is 0 Å². The Bertz CT molecular complexity index is 432. The van der Waals surface area contributed by atoms with Crippen LogP contribution in [0.15, 0.2) is 18.2 Å². The molecule has 0 aliphatic carbocycles. The quantitative estimate of drug-likeness (QED) is 0.735. The minimum absolute atomic E-state index is 0.0500. The molecule has 0 aromatic heterocycles. The number of benzene rings is 1. The summed E-state index contributed by atoms with van der Waals surface area (Å²) in [6, 6.07) is 6.03. The molecule has 0 fully saturated rings. The summed E-state index contributed by atoms with van der Waals surface area (Å²) in [5.74, 6) is 1.14. The summed E-state index contributed by atoms with van der Waals surface area (Å²) in [4.78, 5) is 13.9. The van der Waals surface area contributed by atoms with Crippen molar-refractivity contribution >= 4 is 40.5 Å². The van der Waals surface area contributed by atoms with Gasteiger partial charge in [0.1, 0.15) is 0 Å². The third-order valence-electron chi connectivity index (χ3n) is 3.05. The molecule has 1 aromatic carbocycles. The number of halogens is 2. The van der Waals surface area contributed by atoms with Gasteiger partial charge in [-0.15, -0.1) is 23.2 Å². The van der Waals surface area contributed by atoms with Crippen LogP contribution in [0.1, 0.15) is 25.3 Å². The zero-order chi connectivity index (χ0) is 15.0. The maximum Gasteiger partial charge on any atom is 0.224 e. The summed E-state index contributed by atoms with van der Waals surface area (Å²) in [7, 11) is 0. The van der Waals surface area contributed by atoms with Crippen LogP contribution in [-0.4, -0.2) is 30.8 Å². The number of aryl methyl sites for hydroxylation is 1. The van der Waals surface area contributed by atoms with Crippen molar-refractivity contribution in [2.45, 2.75) is 26.7 Å². The van der Waals surface area contributed by atoms with Crippen molar-refractivity contribution in [3.8, 4) is 0 Å². The summed E-state index contributed by atoms with van der Waals surface area (Å²) in [5.41, 5.74) is 2.94. The van der Waals surface area contributed by atoms with E-state index in [0.717, 1.165) is 36.4 Å². The van der Waals surface area contributed by atoms with Gasteiger partial charge in [-0.25, -0.2) is 0 Å². The number of carbonyl (C=O) groups excluding carboxylic acids is 1. The van der Waals surface area contributed by atoms with Crippen LogP contribution in [0, 0.1) is 6.92 Å². The highest BCUT2D eigenvalue weighted by Crippen LogP contribution is 2.23. The highest BCUT2D eigenvalue weighted by Gasteiger charge is 2.09. The van der Waals surface area contributed by atoms with Crippen molar-refractivity contribution < 1.29 is 4.79 Å². The van der Waals surface area contributed by atoms with Crippen LogP contribution in [0.5, 0.6) is 0 Å². The first-order valence-corrected chi connectivity index (χ1v) is 7.96. The van der Waals surface area contributed by atoms with E-state index in [-0.39, 0.29) is 5.91 Å². The average Bonchev–Trinajstić information content (AvgIpc) is 2.41. The first kappa shape index (κ1) is 17.1. The van der Waals surface area contributed by atoms with Crippen LogP contribution in [-0.2, 0) is 4.79 Å². The molecule has 0 atom stereocenters. The van der Waals surface area contributed by atoms with Crippen LogP contribution < -0.4 is 10.2 Å². The summed E-state index contributed by atoms with van der Waals surface area (Å²) < 4.78 is 0. The van der Waals surface area contributed by atoms with E-state index in [2.05, 4.69) is 10.2 Å². The molecule has 0 aliphatic heterocycles. The third-order valence-corrected chi connectivity index (χ3v) is 3.38. The maximum absolute atomic E-state index is 11.7. The highest BCUT2D eigenvalue weighted by molar-refractivity contribution is 6.18. The first-order chi connectivity index (χ1) is 9.62. The average molecular weight is 317 g/mol. The van der Waals surface area contributed by atoms with Gasteiger partial charge in [0.05, 0.1) is 0 Å². The molecule has 0 saturated heterocycles. The Morgan fingerprint density at radius 1 is 1.25 bits per heavy atom. The van der Waals surface area contributed by atoms with Gasteiger partial charge < -0.3 is 10.2 Å². The summed E-state index contributed by atoms with van der Waals surface area (Å²) in [6.45, 7) is 5.45. The number of alkyl halides is 2. The molecule has 5 heteroatoms. The lowest BCUT2D eigenvalue weighted by Crippen LogP contribution is -2.27. The number of amides is 1. The van der Waals surface area contributed by atoms with E-state index in [1.165, 1.54) is 0 Å². The Hall–Kier alpha value is -0.930. The zero-order valence-corrected chi connectivity index (χ0v) is 13.6. The lowest BCUT2D eigenvalue weighted by Gasteiger charge is -2.24. The molecule has 0 heterocycles. The van der Waals surface area contributed by atoms with Crippen molar-refractivity contribution in [1.29, 1.82) is 0 Å². The van der Waals surface area contributed by atoms with Gasteiger partial charge in [-0.1, -0.05) is 13.0 Å². The molecule has 1 rings (SSSR count). The van der Waals surface area contributed by atoms with Crippen LogP contribution >= 0.6 is 23.2 Å². The van der Waals surface area contributed by atoms with Gasteiger partial charge in [-0.3, -0.25) is 4.79 Å². The molecule has 1 aromatic rings. The number of nitrogens with one attached hydrogen (secondary N) is 1. The van der Waals surface area contributed by atoms with E-state index in [4.69, 9.17) is 23.2 Å². The standard InChI is InChI=1S/C15H22Cl2N2O/c1-3-4-15(20)18-14-11-13(6-5-12(14)2)19(9-7-16)10-8-17/h5-6,11H,3-4,7-10H2,1-2H3,(H,18,20). The van der Waals surface area contributed by atoms with E-state index < -0.39 is 0 Å². The molecule has 1 N–H and O–H groups in total. The molecule has 3 nitrogen and oxygen atoms in total. The van der Waals surface area contributed by atoms with Gasteiger partial charge in [-0.2, -0.15) is 0 Å². The number of rotatable bonds is 8. The lowest BCUT2D eigenvalue weighted by molar-refractivity contribution is -0.116. The summed E-state index contributed by atoms with van der Waals surface area (Å²) in [6.07, 6.45) is 1.38. The molecule has 112 valence electrons. The van der Waals surface area contributed by atoms with Gasteiger partial charge in [0.2, 0.25) is 5.91 Å². The van der Waals surface area contributed by atoms with Crippen LogP contribution in [0.25, 0.3) is 0 Å². The molecule has 0 bridgehead atoms. The minimum atomic E-state index is 0.0500. The van der Waals surface area contributed by atoms with Crippen LogP contribution in [0.2, 0.25) is 0 Å². The molecular weight excluding hydrogens is 295 g/mol. The monoisotopic (exact) mass is 316 g/mol. The SMILES string of the molecule is CCCC(=O)Nc1cc(N(CCCl)CCCl)ccc1C. The number of anilines is 2. The fourth-order valence-electron chi connectivity index (χ4n) is 1.96. The summed E-state index contributed by atoms with van der Waals surface area (Å²) >= 11 is 11.6. The zero-order valence-electron chi connectivity index (χ0n) is 12.1. The van der Waals surface area contributed by atoms with E-state index in [1.54, 1.807) is 0 Å². The third kappa shape index (κ3) is 5.22. The van der Waals surface area contributed by atoms with Gasteiger partial charge in [0, 0.05) is 42.6 Å². The van der Waals surface area contributed by atoms with E-state index >= 15 is 0 Å². The van der Waals surface area contributed by atoms with Gasteiger partial charge in [-0.05, 0) is 31.0 Å². The van der Waals surface area contributed by atoms with E-state index in [9.17, 15) is 4.79 Å². The minimum Gasteiger partial charge on any atom is -0.369 e. The predicted octanol–water partition coefficient (Wildman–Crippen LogP) is 4.02. The Labute approximate surface area is 131 Å². The van der Waals surface area contributed by atoms with Crippen molar-refractivity contribution in [1.82, 2.24) is 0 Å². The van der Waals surface area contributed by atoms with E-state index in [0.29, 0.717) is 18.2 Å². The molecule has 0 unspecified atom stereocenters. The Morgan fingerprint density at radius 2 is 1.90 bits per heavy atom. The molecule has 0 saturated carbocycles. The van der Waals surface area contributed by atoms with Crippen molar-refractivity contribution in [3.05, 3.63) is 23.8 Å². The molecular formula is C15H22Cl2N2O. The van der Waals surface area contributed by atoms with Crippen molar-refractivity contribution in [2.75, 3.05) is 35.1 Å². The normalized spacial score (nSPS) is 10.4. The molecule has 1 amide bonds. The largest absolute Gasteiger partial charge is 0.369 e. The topological polar surface area (TPSA) is 32.3 Å². The number of carbonyl (C=O) groups is 1. The molecule has 20 heavy (non-hydrogen) atoms. The Balaban J connectivity index is 2.90.